The van der Waals surface area contributed by atoms with Gasteiger partial charge in [-0.1, -0.05) is 20.8 Å². The summed E-state index contributed by atoms with van der Waals surface area (Å²) < 4.78 is 0. The summed E-state index contributed by atoms with van der Waals surface area (Å²) in [7, 11) is 0. The topological polar surface area (TPSA) is 95.5 Å². The predicted octanol–water partition coefficient (Wildman–Crippen LogP) is 0.374. The van der Waals surface area contributed by atoms with Crippen molar-refractivity contribution in [3.63, 3.8) is 0 Å². The van der Waals surface area contributed by atoms with Crippen LogP contribution in [0.5, 0.6) is 0 Å². The van der Waals surface area contributed by atoms with Gasteiger partial charge in [-0.3, -0.25) is 9.59 Å². The second-order valence-electron chi connectivity index (χ2n) is 5.49. The van der Waals surface area contributed by atoms with Crippen molar-refractivity contribution in [1.29, 1.82) is 0 Å². The van der Waals surface area contributed by atoms with Crippen molar-refractivity contribution in [2.45, 2.75) is 39.7 Å². The van der Waals surface area contributed by atoms with Crippen molar-refractivity contribution in [2.75, 3.05) is 6.54 Å². The lowest BCUT2D eigenvalue weighted by Gasteiger charge is -2.17. The molecule has 0 aliphatic heterocycles. The normalized spacial score (nSPS) is 22.7. The number of hydrogen-bond donors (Lipinski definition) is 3. The summed E-state index contributed by atoms with van der Waals surface area (Å²) in [5, 5.41) is 14.1. The molecular formula is C13H22N2O4. The minimum atomic E-state index is -1.04. The zero-order valence-corrected chi connectivity index (χ0v) is 11.6. The molecule has 3 N–H and O–H groups in total. The highest BCUT2D eigenvalue weighted by molar-refractivity contribution is 5.85. The van der Waals surface area contributed by atoms with Crippen LogP contribution in [0.2, 0.25) is 0 Å². The predicted molar refractivity (Wildman–Crippen MR) is 69.3 cm³/mol. The molecule has 3 atom stereocenters. The van der Waals surface area contributed by atoms with Gasteiger partial charge >= 0.3 is 5.97 Å². The molecule has 2 amide bonds. The summed E-state index contributed by atoms with van der Waals surface area (Å²) in [5.41, 5.74) is 0. The van der Waals surface area contributed by atoms with Gasteiger partial charge in [-0.25, -0.2) is 4.79 Å². The second kappa shape index (κ2) is 6.54. The van der Waals surface area contributed by atoms with Crippen molar-refractivity contribution in [2.24, 2.45) is 17.8 Å². The van der Waals surface area contributed by atoms with Crippen molar-refractivity contribution >= 4 is 17.8 Å². The molecule has 1 aliphatic rings. The Balaban J connectivity index is 2.23. The molecular weight excluding hydrogens is 248 g/mol. The summed E-state index contributed by atoms with van der Waals surface area (Å²) in [5.74, 6) is -1.07. The standard InChI is InChI=1S/C13H22N2O4/c1-7(2)11(13(18)19)15-10(16)4-5-14-12(17)9-6-8(9)3/h7-9,11H,4-6H2,1-3H3,(H,14,17)(H,15,16)(H,18,19)/t8?,9?,11-/m0/s1. The number of rotatable bonds is 7. The molecule has 108 valence electrons. The van der Waals surface area contributed by atoms with Crippen LogP contribution < -0.4 is 10.6 Å². The summed E-state index contributed by atoms with van der Waals surface area (Å²) in [6.45, 7) is 5.72. The molecule has 1 rings (SSSR count). The van der Waals surface area contributed by atoms with Gasteiger partial charge < -0.3 is 15.7 Å². The number of hydrogen-bond acceptors (Lipinski definition) is 3. The third kappa shape index (κ3) is 4.89. The van der Waals surface area contributed by atoms with E-state index in [2.05, 4.69) is 10.6 Å². The van der Waals surface area contributed by atoms with E-state index in [1.807, 2.05) is 6.92 Å². The van der Waals surface area contributed by atoms with Crippen molar-refractivity contribution in [3.8, 4) is 0 Å². The van der Waals surface area contributed by atoms with E-state index in [9.17, 15) is 14.4 Å². The van der Waals surface area contributed by atoms with Gasteiger partial charge in [0.2, 0.25) is 11.8 Å². The molecule has 0 heterocycles. The lowest BCUT2D eigenvalue weighted by atomic mass is 10.0. The smallest absolute Gasteiger partial charge is 0.326 e. The van der Waals surface area contributed by atoms with E-state index < -0.39 is 12.0 Å². The number of carbonyl (C=O) groups excluding carboxylic acids is 2. The molecule has 1 saturated carbocycles. The van der Waals surface area contributed by atoms with Crippen molar-refractivity contribution in [3.05, 3.63) is 0 Å². The summed E-state index contributed by atoms with van der Waals surface area (Å²) in [4.78, 5) is 34.0. The summed E-state index contributed by atoms with van der Waals surface area (Å²) in [6.07, 6.45) is 1.01. The molecule has 0 spiro atoms. The average Bonchev–Trinajstić information content (AvgIpc) is 3.02. The lowest BCUT2D eigenvalue weighted by Crippen LogP contribution is -2.45. The Labute approximate surface area is 112 Å². The zero-order valence-electron chi connectivity index (χ0n) is 11.6. The van der Waals surface area contributed by atoms with E-state index in [0.717, 1.165) is 6.42 Å². The van der Waals surface area contributed by atoms with E-state index in [4.69, 9.17) is 5.11 Å². The van der Waals surface area contributed by atoms with Gasteiger partial charge in [0.05, 0.1) is 0 Å². The molecule has 0 aromatic heterocycles. The molecule has 0 aromatic carbocycles. The van der Waals surface area contributed by atoms with Gasteiger partial charge in [-0.05, 0) is 18.3 Å². The number of carbonyl (C=O) groups is 3. The molecule has 1 fully saturated rings. The molecule has 0 bridgehead atoms. The van der Waals surface area contributed by atoms with Gasteiger partial charge in [-0.2, -0.15) is 0 Å². The van der Waals surface area contributed by atoms with E-state index in [1.54, 1.807) is 13.8 Å². The molecule has 0 aromatic rings. The number of amides is 2. The number of carboxylic acid groups (broad SMARTS) is 1. The number of carboxylic acids is 1. The van der Waals surface area contributed by atoms with E-state index in [-0.39, 0.29) is 36.6 Å². The Morgan fingerprint density at radius 1 is 1.32 bits per heavy atom. The fraction of sp³-hybridized carbons (Fsp3) is 0.769. The van der Waals surface area contributed by atoms with Crippen LogP contribution in [-0.4, -0.2) is 35.5 Å². The number of nitrogens with one attached hydrogen (secondary N) is 2. The Bertz CT molecular complexity index is 368. The quantitative estimate of drug-likeness (QED) is 0.623. The van der Waals surface area contributed by atoms with Gasteiger partial charge in [0.15, 0.2) is 0 Å². The molecule has 6 heteroatoms. The first-order chi connectivity index (χ1) is 8.82. The monoisotopic (exact) mass is 270 g/mol. The highest BCUT2D eigenvalue weighted by Gasteiger charge is 2.38. The Morgan fingerprint density at radius 2 is 1.89 bits per heavy atom. The molecule has 2 unspecified atom stereocenters. The third-order valence-electron chi connectivity index (χ3n) is 3.35. The fourth-order valence-electron chi connectivity index (χ4n) is 1.88. The number of aliphatic carboxylic acids is 1. The first-order valence-corrected chi connectivity index (χ1v) is 6.62. The maximum Gasteiger partial charge on any atom is 0.326 e. The Kier molecular flexibility index (Phi) is 5.32. The molecule has 1 aliphatic carbocycles. The van der Waals surface area contributed by atoms with Crippen LogP contribution in [0.4, 0.5) is 0 Å². The van der Waals surface area contributed by atoms with Crippen LogP contribution in [0.15, 0.2) is 0 Å². The van der Waals surface area contributed by atoms with Crippen molar-refractivity contribution < 1.29 is 19.5 Å². The zero-order chi connectivity index (χ0) is 14.6. The second-order valence-corrected chi connectivity index (χ2v) is 5.49. The highest BCUT2D eigenvalue weighted by atomic mass is 16.4. The third-order valence-corrected chi connectivity index (χ3v) is 3.35. The maximum atomic E-state index is 11.6. The van der Waals surface area contributed by atoms with Gasteiger partial charge in [0.1, 0.15) is 6.04 Å². The van der Waals surface area contributed by atoms with E-state index in [0.29, 0.717) is 5.92 Å². The van der Waals surface area contributed by atoms with Gasteiger partial charge in [0, 0.05) is 18.9 Å². The Hall–Kier alpha value is -1.59. The first-order valence-electron chi connectivity index (χ1n) is 6.62. The van der Waals surface area contributed by atoms with E-state index in [1.165, 1.54) is 0 Å². The van der Waals surface area contributed by atoms with Gasteiger partial charge in [0.25, 0.3) is 0 Å². The largest absolute Gasteiger partial charge is 0.480 e. The van der Waals surface area contributed by atoms with Crippen LogP contribution in [0.1, 0.15) is 33.6 Å². The highest BCUT2D eigenvalue weighted by Crippen LogP contribution is 2.37. The molecule has 19 heavy (non-hydrogen) atoms. The van der Waals surface area contributed by atoms with E-state index >= 15 is 0 Å². The maximum absolute atomic E-state index is 11.6. The van der Waals surface area contributed by atoms with Crippen LogP contribution in [0, 0.1) is 17.8 Å². The van der Waals surface area contributed by atoms with Gasteiger partial charge in [-0.15, -0.1) is 0 Å². The van der Waals surface area contributed by atoms with Crippen molar-refractivity contribution in [1.82, 2.24) is 10.6 Å². The van der Waals surface area contributed by atoms with Crippen LogP contribution >= 0.6 is 0 Å². The molecule has 0 radical (unpaired) electrons. The Morgan fingerprint density at radius 3 is 2.32 bits per heavy atom. The first kappa shape index (κ1) is 15.5. The minimum Gasteiger partial charge on any atom is -0.480 e. The average molecular weight is 270 g/mol. The molecule has 6 nitrogen and oxygen atoms in total. The SMILES string of the molecule is CC1CC1C(=O)NCCC(=O)N[C@H](C(=O)O)C(C)C. The minimum absolute atomic E-state index is 0.0149. The fourth-order valence-corrected chi connectivity index (χ4v) is 1.88. The lowest BCUT2D eigenvalue weighted by molar-refractivity contribution is -0.143. The summed E-state index contributed by atoms with van der Waals surface area (Å²) in [6, 6.07) is -0.883. The molecule has 0 saturated heterocycles. The van der Waals surface area contributed by atoms with Crippen LogP contribution in [0.3, 0.4) is 0 Å². The summed E-state index contributed by atoms with van der Waals surface area (Å²) >= 11 is 0. The van der Waals surface area contributed by atoms with Crippen LogP contribution in [-0.2, 0) is 14.4 Å². The van der Waals surface area contributed by atoms with Crippen LogP contribution in [0.25, 0.3) is 0 Å².